The summed E-state index contributed by atoms with van der Waals surface area (Å²) in [5, 5.41) is 0. The van der Waals surface area contributed by atoms with Gasteiger partial charge in [0.2, 0.25) is 5.91 Å². The fourth-order valence-corrected chi connectivity index (χ4v) is 2.28. The quantitative estimate of drug-likeness (QED) is 0.781. The summed E-state index contributed by atoms with van der Waals surface area (Å²) in [4.78, 5) is 14.0. The first kappa shape index (κ1) is 13.5. The Hall–Kier alpha value is -0.570. The second kappa shape index (κ2) is 7.66. The van der Waals surface area contributed by atoms with E-state index in [4.69, 9.17) is 5.73 Å². The van der Waals surface area contributed by atoms with Crippen LogP contribution in [0.1, 0.15) is 51.9 Å². The first-order valence-corrected chi connectivity index (χ1v) is 6.72. The Bertz CT molecular complexity index is 198. The van der Waals surface area contributed by atoms with Crippen LogP contribution in [0.2, 0.25) is 0 Å². The minimum absolute atomic E-state index is 0.353. The van der Waals surface area contributed by atoms with E-state index in [-0.39, 0.29) is 0 Å². The minimum Gasteiger partial charge on any atom is -0.343 e. The zero-order valence-corrected chi connectivity index (χ0v) is 10.6. The van der Waals surface area contributed by atoms with Crippen molar-refractivity contribution in [1.29, 1.82) is 0 Å². The van der Waals surface area contributed by atoms with Gasteiger partial charge in [-0.1, -0.05) is 19.8 Å². The van der Waals surface area contributed by atoms with Crippen LogP contribution in [0.3, 0.4) is 0 Å². The number of amides is 1. The summed E-state index contributed by atoms with van der Waals surface area (Å²) < 4.78 is 0. The van der Waals surface area contributed by atoms with Crippen molar-refractivity contribution in [2.45, 2.75) is 51.9 Å². The Labute approximate surface area is 99.4 Å². The molecule has 2 N–H and O–H groups in total. The Morgan fingerprint density at radius 2 is 1.81 bits per heavy atom. The second-order valence-corrected chi connectivity index (χ2v) is 5.02. The number of nitrogens with zero attached hydrogens (tertiary/aromatic N) is 1. The van der Waals surface area contributed by atoms with E-state index in [0.29, 0.717) is 18.2 Å². The van der Waals surface area contributed by atoms with E-state index in [0.717, 1.165) is 32.5 Å². The molecule has 0 radical (unpaired) electrons. The Balaban J connectivity index is 2.22. The van der Waals surface area contributed by atoms with Crippen LogP contribution in [0.4, 0.5) is 0 Å². The highest BCUT2D eigenvalue weighted by Gasteiger charge is 2.15. The summed E-state index contributed by atoms with van der Waals surface area (Å²) >= 11 is 0. The molecular weight excluding hydrogens is 200 g/mol. The van der Waals surface area contributed by atoms with Crippen LogP contribution >= 0.6 is 0 Å². The average Bonchev–Trinajstić information content (AvgIpc) is 2.55. The second-order valence-electron chi connectivity index (χ2n) is 5.02. The van der Waals surface area contributed by atoms with E-state index in [9.17, 15) is 4.79 Å². The number of nitrogens with two attached hydrogens (primary N) is 1. The molecule has 1 aliphatic rings. The normalized spacial score (nSPS) is 19.2. The fourth-order valence-electron chi connectivity index (χ4n) is 2.28. The van der Waals surface area contributed by atoms with Crippen molar-refractivity contribution in [2.24, 2.45) is 11.7 Å². The molecule has 0 aliphatic carbocycles. The molecule has 0 aromatic carbocycles. The van der Waals surface area contributed by atoms with Gasteiger partial charge in [0.1, 0.15) is 0 Å². The highest BCUT2D eigenvalue weighted by atomic mass is 16.2. The molecule has 0 saturated carbocycles. The van der Waals surface area contributed by atoms with E-state index in [1.165, 1.54) is 25.7 Å². The molecule has 3 nitrogen and oxygen atoms in total. The van der Waals surface area contributed by atoms with Crippen LogP contribution in [0.15, 0.2) is 0 Å². The van der Waals surface area contributed by atoms with Crippen molar-refractivity contribution in [1.82, 2.24) is 4.90 Å². The highest BCUT2D eigenvalue weighted by Crippen LogP contribution is 2.14. The SMILES string of the molecule is CC(CCN)CCC(=O)N1CCCCCC1. The molecule has 0 spiro atoms. The molecule has 1 heterocycles. The van der Waals surface area contributed by atoms with Crippen molar-refractivity contribution in [3.63, 3.8) is 0 Å². The number of hydrogen-bond donors (Lipinski definition) is 1. The lowest BCUT2D eigenvalue weighted by atomic mass is 10.0. The van der Waals surface area contributed by atoms with E-state index in [1.807, 2.05) is 0 Å². The topological polar surface area (TPSA) is 46.3 Å². The van der Waals surface area contributed by atoms with Gasteiger partial charge in [0.15, 0.2) is 0 Å². The van der Waals surface area contributed by atoms with E-state index in [1.54, 1.807) is 0 Å². The zero-order valence-electron chi connectivity index (χ0n) is 10.6. The van der Waals surface area contributed by atoms with Gasteiger partial charge in [-0.2, -0.15) is 0 Å². The molecule has 1 atom stereocenters. The van der Waals surface area contributed by atoms with Gasteiger partial charge in [0.25, 0.3) is 0 Å². The van der Waals surface area contributed by atoms with Crippen molar-refractivity contribution in [3.8, 4) is 0 Å². The fraction of sp³-hybridized carbons (Fsp3) is 0.923. The van der Waals surface area contributed by atoms with Crippen molar-refractivity contribution in [3.05, 3.63) is 0 Å². The van der Waals surface area contributed by atoms with Crippen LogP contribution < -0.4 is 5.73 Å². The van der Waals surface area contributed by atoms with Crippen LogP contribution in [0.25, 0.3) is 0 Å². The smallest absolute Gasteiger partial charge is 0.222 e. The third-order valence-corrected chi connectivity index (χ3v) is 3.47. The Kier molecular flexibility index (Phi) is 6.46. The monoisotopic (exact) mass is 226 g/mol. The zero-order chi connectivity index (χ0) is 11.8. The lowest BCUT2D eigenvalue weighted by molar-refractivity contribution is -0.131. The summed E-state index contributed by atoms with van der Waals surface area (Å²) in [7, 11) is 0. The largest absolute Gasteiger partial charge is 0.343 e. The van der Waals surface area contributed by atoms with Crippen LogP contribution in [0, 0.1) is 5.92 Å². The van der Waals surface area contributed by atoms with Gasteiger partial charge in [-0.3, -0.25) is 4.79 Å². The van der Waals surface area contributed by atoms with Gasteiger partial charge in [0, 0.05) is 19.5 Å². The number of rotatable bonds is 5. The maximum Gasteiger partial charge on any atom is 0.222 e. The molecule has 1 amide bonds. The van der Waals surface area contributed by atoms with Crippen molar-refractivity contribution < 1.29 is 4.79 Å². The van der Waals surface area contributed by atoms with Gasteiger partial charge >= 0.3 is 0 Å². The van der Waals surface area contributed by atoms with E-state index < -0.39 is 0 Å². The first-order chi connectivity index (χ1) is 7.74. The highest BCUT2D eigenvalue weighted by molar-refractivity contribution is 5.76. The lowest BCUT2D eigenvalue weighted by Crippen LogP contribution is -2.31. The van der Waals surface area contributed by atoms with E-state index in [2.05, 4.69) is 11.8 Å². The summed E-state index contributed by atoms with van der Waals surface area (Å²) in [6, 6.07) is 0. The third-order valence-electron chi connectivity index (χ3n) is 3.47. The third kappa shape index (κ3) is 4.97. The lowest BCUT2D eigenvalue weighted by Gasteiger charge is -2.21. The minimum atomic E-state index is 0.353. The number of carbonyl (C=O) groups excluding carboxylic acids is 1. The Morgan fingerprint density at radius 1 is 1.19 bits per heavy atom. The molecule has 0 bridgehead atoms. The molecule has 0 aromatic heterocycles. The summed E-state index contributed by atoms with van der Waals surface area (Å²) in [6.07, 6.45) is 7.68. The molecule has 0 aromatic rings. The van der Waals surface area contributed by atoms with Gasteiger partial charge in [-0.15, -0.1) is 0 Å². The molecule has 1 saturated heterocycles. The predicted octanol–water partition coefficient (Wildman–Crippen LogP) is 2.15. The summed E-state index contributed by atoms with van der Waals surface area (Å²) in [5.41, 5.74) is 5.50. The maximum absolute atomic E-state index is 12.0. The van der Waals surface area contributed by atoms with Crippen molar-refractivity contribution >= 4 is 5.91 Å². The molecule has 1 unspecified atom stereocenters. The van der Waals surface area contributed by atoms with Gasteiger partial charge < -0.3 is 10.6 Å². The first-order valence-electron chi connectivity index (χ1n) is 6.72. The van der Waals surface area contributed by atoms with Gasteiger partial charge in [0.05, 0.1) is 0 Å². The molecule has 1 fully saturated rings. The van der Waals surface area contributed by atoms with E-state index >= 15 is 0 Å². The van der Waals surface area contributed by atoms with Gasteiger partial charge in [-0.05, 0) is 38.1 Å². The summed E-state index contributed by atoms with van der Waals surface area (Å²) in [6.45, 7) is 4.87. The van der Waals surface area contributed by atoms with Crippen LogP contribution in [-0.2, 0) is 4.79 Å². The molecular formula is C13H26N2O. The van der Waals surface area contributed by atoms with Crippen LogP contribution in [0.5, 0.6) is 0 Å². The standard InChI is InChI=1S/C13H26N2O/c1-12(8-9-14)6-7-13(16)15-10-4-2-3-5-11-15/h12H,2-11,14H2,1H3. The number of carbonyl (C=O) groups is 1. The molecule has 1 rings (SSSR count). The molecule has 1 aliphatic heterocycles. The van der Waals surface area contributed by atoms with Crippen LogP contribution in [-0.4, -0.2) is 30.4 Å². The average molecular weight is 226 g/mol. The molecule has 3 heteroatoms. The van der Waals surface area contributed by atoms with Gasteiger partial charge in [-0.25, -0.2) is 0 Å². The number of likely N-dealkylation sites (tertiary alicyclic amines) is 1. The molecule has 94 valence electrons. The van der Waals surface area contributed by atoms with Crippen molar-refractivity contribution in [2.75, 3.05) is 19.6 Å². The molecule has 16 heavy (non-hydrogen) atoms. The Morgan fingerprint density at radius 3 is 2.38 bits per heavy atom. The predicted molar refractivity (Wildman–Crippen MR) is 67.1 cm³/mol. The summed E-state index contributed by atoms with van der Waals surface area (Å²) in [5.74, 6) is 0.937. The maximum atomic E-state index is 12.0. The number of hydrogen-bond acceptors (Lipinski definition) is 2.